The Hall–Kier alpha value is -1.89. The summed E-state index contributed by atoms with van der Waals surface area (Å²) < 4.78 is 3.21. The van der Waals surface area contributed by atoms with Crippen LogP contribution in [0.3, 0.4) is 0 Å². The molecule has 0 amide bonds. The predicted octanol–water partition coefficient (Wildman–Crippen LogP) is 6.02. The van der Waals surface area contributed by atoms with Crippen LogP contribution in [0.15, 0.2) is 97.1 Å². The molecule has 0 aromatic heterocycles. The minimum atomic E-state index is -3.07. The molecule has 0 atom stereocenters. The summed E-state index contributed by atoms with van der Waals surface area (Å²) in [5.41, 5.74) is 2.69. The summed E-state index contributed by atoms with van der Waals surface area (Å²) in [6, 6.07) is 18.6. The SMILES string of the molecule is Cc1ccc[c]([Ti]([c]2cccc(C)c2)([C]2(C)C=CC=C2)[C]2(C)C=CC=C2)c1. The van der Waals surface area contributed by atoms with Crippen molar-refractivity contribution in [2.24, 2.45) is 0 Å². The second-order valence-electron chi connectivity index (χ2n) is 8.49. The second-order valence-corrected chi connectivity index (χ2v) is 16.0. The molecular weight excluding hydrogens is 360 g/mol. The molecule has 0 aliphatic heterocycles. The van der Waals surface area contributed by atoms with Crippen LogP contribution >= 0.6 is 0 Å². The van der Waals surface area contributed by atoms with Crippen LogP contribution in [0.2, 0.25) is 7.44 Å². The van der Waals surface area contributed by atoms with Crippen LogP contribution in [-0.4, -0.2) is 0 Å². The average molecular weight is 388 g/mol. The maximum atomic E-state index is 2.46. The molecule has 27 heavy (non-hydrogen) atoms. The Morgan fingerprint density at radius 3 is 1.30 bits per heavy atom. The van der Waals surface area contributed by atoms with Gasteiger partial charge >= 0.3 is 168 Å². The minimum absolute atomic E-state index is 0.0509. The monoisotopic (exact) mass is 388 g/mol. The molecule has 0 spiro atoms. The molecule has 0 bridgehead atoms. The van der Waals surface area contributed by atoms with Gasteiger partial charge < -0.3 is 0 Å². The number of hydrogen-bond donors (Lipinski definition) is 0. The van der Waals surface area contributed by atoms with Crippen molar-refractivity contribution >= 4 is 7.74 Å². The summed E-state index contributed by atoms with van der Waals surface area (Å²) in [5.74, 6) is 0. The van der Waals surface area contributed by atoms with E-state index >= 15 is 0 Å². The van der Waals surface area contributed by atoms with Gasteiger partial charge in [0.05, 0.1) is 0 Å². The van der Waals surface area contributed by atoms with Gasteiger partial charge in [0.1, 0.15) is 0 Å². The molecule has 0 heterocycles. The molecule has 2 aromatic rings. The molecule has 0 nitrogen and oxygen atoms in total. The van der Waals surface area contributed by atoms with Gasteiger partial charge in [-0.15, -0.1) is 0 Å². The third-order valence-electron chi connectivity index (χ3n) is 6.51. The maximum absolute atomic E-state index is 3.07. The van der Waals surface area contributed by atoms with Gasteiger partial charge in [-0.3, -0.25) is 0 Å². The van der Waals surface area contributed by atoms with Gasteiger partial charge in [-0.25, -0.2) is 0 Å². The summed E-state index contributed by atoms with van der Waals surface area (Å²) >= 11 is -3.07. The van der Waals surface area contributed by atoms with Crippen LogP contribution in [0.4, 0.5) is 0 Å². The molecule has 0 saturated carbocycles. The fourth-order valence-corrected chi connectivity index (χ4v) is 16.2. The second kappa shape index (κ2) is 6.62. The van der Waals surface area contributed by atoms with Crippen LogP contribution in [0.1, 0.15) is 25.0 Å². The fourth-order valence-electron chi connectivity index (χ4n) is 5.38. The van der Waals surface area contributed by atoms with Crippen LogP contribution in [0.25, 0.3) is 0 Å². The number of rotatable bonds is 4. The molecule has 0 radical (unpaired) electrons. The van der Waals surface area contributed by atoms with Crippen molar-refractivity contribution in [2.75, 3.05) is 0 Å². The quantitative estimate of drug-likeness (QED) is 0.562. The van der Waals surface area contributed by atoms with Gasteiger partial charge in [-0.1, -0.05) is 0 Å². The van der Waals surface area contributed by atoms with Crippen molar-refractivity contribution in [3.05, 3.63) is 108 Å². The molecule has 2 aliphatic rings. The van der Waals surface area contributed by atoms with E-state index in [0.29, 0.717) is 0 Å². The van der Waals surface area contributed by atoms with E-state index in [9.17, 15) is 0 Å². The molecule has 0 fully saturated rings. The van der Waals surface area contributed by atoms with Crippen molar-refractivity contribution in [2.45, 2.75) is 35.1 Å². The Morgan fingerprint density at radius 1 is 0.593 bits per heavy atom. The van der Waals surface area contributed by atoms with Crippen molar-refractivity contribution in [1.82, 2.24) is 0 Å². The summed E-state index contributed by atoms with van der Waals surface area (Å²) in [4.78, 5) is 0. The molecule has 0 saturated heterocycles. The fraction of sp³-hybridized carbons (Fsp3) is 0.231. The summed E-state index contributed by atoms with van der Waals surface area (Å²) in [5, 5.41) is 0. The standard InChI is InChI=1S/2C7H7.2C6H7.Ti/c2*1-7-5-3-2-4-6-7;2*1-6-4-2-3-5-6;/h2*2-3,5-6H,1H3;2*2-5H,1H3;. The first-order valence-corrected chi connectivity index (χ1v) is 12.9. The van der Waals surface area contributed by atoms with Gasteiger partial charge in [0.15, 0.2) is 0 Å². The van der Waals surface area contributed by atoms with Crippen molar-refractivity contribution in [1.29, 1.82) is 0 Å². The van der Waals surface area contributed by atoms with E-state index in [1.54, 1.807) is 7.74 Å². The topological polar surface area (TPSA) is 0 Å². The molecule has 0 N–H and O–H groups in total. The van der Waals surface area contributed by atoms with Crippen LogP contribution in [0.5, 0.6) is 0 Å². The number of hydrogen-bond acceptors (Lipinski definition) is 0. The summed E-state index contributed by atoms with van der Waals surface area (Å²) in [6.07, 6.45) is 18.8. The Kier molecular flexibility index (Phi) is 4.53. The van der Waals surface area contributed by atoms with Gasteiger partial charge in [0, 0.05) is 0 Å². The van der Waals surface area contributed by atoms with Gasteiger partial charge in [-0.2, -0.15) is 0 Å². The van der Waals surface area contributed by atoms with E-state index in [4.69, 9.17) is 0 Å². The van der Waals surface area contributed by atoms with Crippen molar-refractivity contribution < 1.29 is 16.6 Å². The zero-order valence-corrected chi connectivity index (χ0v) is 18.3. The first-order valence-electron chi connectivity index (χ1n) is 9.80. The third-order valence-corrected chi connectivity index (χ3v) is 16.3. The molecule has 4 rings (SSSR count). The Bertz CT molecular complexity index is 881. The van der Waals surface area contributed by atoms with Gasteiger partial charge in [0.25, 0.3) is 0 Å². The number of allylic oxidation sites excluding steroid dienone is 8. The Morgan fingerprint density at radius 2 is 0.963 bits per heavy atom. The van der Waals surface area contributed by atoms with Crippen LogP contribution in [0, 0.1) is 13.8 Å². The predicted molar refractivity (Wildman–Crippen MR) is 115 cm³/mol. The van der Waals surface area contributed by atoms with E-state index in [2.05, 4.69) is 125 Å². The van der Waals surface area contributed by atoms with Crippen molar-refractivity contribution in [3.63, 3.8) is 0 Å². The molecular formula is C26H28Ti. The van der Waals surface area contributed by atoms with E-state index in [1.807, 2.05) is 0 Å². The summed E-state index contributed by atoms with van der Waals surface area (Å²) in [6.45, 7) is 9.36. The third kappa shape index (κ3) is 2.70. The van der Waals surface area contributed by atoms with E-state index in [-0.39, 0.29) is 7.44 Å². The zero-order valence-electron chi connectivity index (χ0n) is 16.7. The summed E-state index contributed by atoms with van der Waals surface area (Å²) in [7, 11) is 0. The molecule has 1 heteroatoms. The van der Waals surface area contributed by atoms with E-state index < -0.39 is 16.6 Å². The molecule has 2 aliphatic carbocycles. The Balaban J connectivity index is 2.16. The molecule has 0 unspecified atom stereocenters. The first-order chi connectivity index (χ1) is 12.9. The average Bonchev–Trinajstić information content (AvgIpc) is 3.26. The number of aryl methyl sites for hydroxylation is 2. The van der Waals surface area contributed by atoms with Crippen molar-refractivity contribution in [3.8, 4) is 0 Å². The normalized spacial score (nSPS) is 19.1. The van der Waals surface area contributed by atoms with Gasteiger partial charge in [0.2, 0.25) is 0 Å². The molecule has 136 valence electrons. The first kappa shape index (κ1) is 18.5. The van der Waals surface area contributed by atoms with Crippen LogP contribution < -0.4 is 7.74 Å². The Labute approximate surface area is 167 Å². The van der Waals surface area contributed by atoms with Crippen LogP contribution in [-0.2, 0) is 16.6 Å². The van der Waals surface area contributed by atoms with E-state index in [1.165, 1.54) is 11.1 Å². The van der Waals surface area contributed by atoms with Gasteiger partial charge in [-0.05, 0) is 0 Å². The zero-order chi connectivity index (χ0) is 19.1. The number of benzene rings is 2. The van der Waals surface area contributed by atoms with E-state index in [0.717, 1.165) is 0 Å². The molecule has 2 aromatic carbocycles.